The van der Waals surface area contributed by atoms with Crippen molar-refractivity contribution in [2.75, 3.05) is 19.5 Å². The number of aliphatic hydroxyl groups is 1. The van der Waals surface area contributed by atoms with Crippen molar-refractivity contribution >= 4 is 18.4 Å². The van der Waals surface area contributed by atoms with Gasteiger partial charge in [0.2, 0.25) is 0 Å². The summed E-state index contributed by atoms with van der Waals surface area (Å²) in [5.41, 5.74) is -2.35. The van der Waals surface area contributed by atoms with E-state index in [0.717, 1.165) is 6.26 Å². The Bertz CT molecular complexity index is 995. The van der Waals surface area contributed by atoms with E-state index in [1.165, 1.54) is 10.8 Å². The topological polar surface area (TPSA) is 137 Å². The minimum Gasteiger partial charge on any atom is -0.411 e. The summed E-state index contributed by atoms with van der Waals surface area (Å²) in [7, 11) is -6.16. The number of aromatic nitrogens is 2. The summed E-state index contributed by atoms with van der Waals surface area (Å²) < 4.78 is 41.9. The fourth-order valence-corrected chi connectivity index (χ4v) is 4.76. The molecule has 0 bridgehead atoms. The largest absolute Gasteiger partial charge is 0.411 e. The first-order valence-electron chi connectivity index (χ1n) is 9.64. The van der Waals surface area contributed by atoms with Gasteiger partial charge in [-0.05, 0) is 25.1 Å². The van der Waals surface area contributed by atoms with Crippen molar-refractivity contribution < 1.29 is 26.9 Å². The van der Waals surface area contributed by atoms with Crippen molar-refractivity contribution in [2.24, 2.45) is 0 Å². The van der Waals surface area contributed by atoms with Gasteiger partial charge in [0.1, 0.15) is 18.4 Å². The number of hydrogen-bond donors (Lipinski definition) is 2. The third-order valence-electron chi connectivity index (χ3n) is 5.86. The molecule has 2 N–H and O–H groups in total. The summed E-state index contributed by atoms with van der Waals surface area (Å²) in [6.07, 6.45) is 0.850. The van der Waals surface area contributed by atoms with Gasteiger partial charge in [0.05, 0.1) is 19.0 Å². The Hall–Kier alpha value is -1.31. The highest BCUT2D eigenvalue weighted by Crippen LogP contribution is 2.44. The number of aromatic amines is 1. The number of aryl methyl sites for hydroxylation is 1. The smallest absolute Gasteiger partial charge is 0.330 e. The highest BCUT2D eigenvalue weighted by Gasteiger charge is 2.54. The molecule has 172 valence electrons. The van der Waals surface area contributed by atoms with Crippen molar-refractivity contribution in [2.45, 2.75) is 70.2 Å². The van der Waals surface area contributed by atoms with E-state index in [-0.39, 0.29) is 11.5 Å². The molecule has 0 saturated carbocycles. The predicted octanol–water partition coefficient (Wildman–Crippen LogP) is 0.862. The lowest BCUT2D eigenvalue weighted by Gasteiger charge is -2.42. The van der Waals surface area contributed by atoms with Crippen LogP contribution in [0.2, 0.25) is 18.1 Å². The van der Waals surface area contributed by atoms with E-state index >= 15 is 0 Å². The number of nitrogens with zero attached hydrogens (tertiary/aromatic N) is 1. The van der Waals surface area contributed by atoms with Crippen molar-refractivity contribution in [3.8, 4) is 0 Å². The molecule has 0 radical (unpaired) electrons. The summed E-state index contributed by atoms with van der Waals surface area (Å²) >= 11 is 0. The van der Waals surface area contributed by atoms with Crippen LogP contribution in [0.15, 0.2) is 15.8 Å². The highest BCUT2D eigenvalue weighted by atomic mass is 32.2. The van der Waals surface area contributed by atoms with Gasteiger partial charge in [-0.15, -0.1) is 0 Å². The van der Waals surface area contributed by atoms with Gasteiger partial charge in [-0.3, -0.25) is 18.5 Å². The van der Waals surface area contributed by atoms with Gasteiger partial charge in [-0.25, -0.2) is 4.79 Å². The van der Waals surface area contributed by atoms with Crippen LogP contribution in [0.4, 0.5) is 0 Å². The van der Waals surface area contributed by atoms with E-state index in [0.29, 0.717) is 5.56 Å². The fraction of sp³-hybridized carbons (Fsp3) is 0.778. The quantitative estimate of drug-likeness (QED) is 0.448. The SMILES string of the molecule is Cc1cn([C@H]2CC(O[Si](C)(C)C(C)(C)C)[C@](CO)(COS(C)(=O)=O)O2)c(=O)[nH]c1=O. The zero-order valence-corrected chi connectivity index (χ0v) is 20.3. The highest BCUT2D eigenvalue weighted by molar-refractivity contribution is 7.85. The van der Waals surface area contributed by atoms with Crippen LogP contribution in [-0.2, 0) is 23.5 Å². The van der Waals surface area contributed by atoms with Gasteiger partial charge in [-0.1, -0.05) is 20.8 Å². The Morgan fingerprint density at radius 2 is 1.97 bits per heavy atom. The molecule has 1 unspecified atom stereocenters. The normalized spacial score (nSPS) is 25.6. The molecule has 0 spiro atoms. The van der Waals surface area contributed by atoms with Gasteiger partial charge in [-0.2, -0.15) is 8.42 Å². The Balaban J connectivity index is 2.49. The average molecular weight is 465 g/mol. The Morgan fingerprint density at radius 3 is 2.47 bits per heavy atom. The second-order valence-corrected chi connectivity index (χ2v) is 15.7. The maximum atomic E-state index is 12.4. The van der Waals surface area contributed by atoms with Crippen LogP contribution in [0.5, 0.6) is 0 Å². The van der Waals surface area contributed by atoms with Crippen LogP contribution in [0.25, 0.3) is 0 Å². The lowest BCUT2D eigenvalue weighted by molar-refractivity contribution is -0.142. The van der Waals surface area contributed by atoms with Gasteiger partial charge in [0, 0.05) is 18.2 Å². The van der Waals surface area contributed by atoms with E-state index in [1.807, 2.05) is 13.1 Å². The minimum atomic E-state index is -3.81. The van der Waals surface area contributed by atoms with E-state index in [1.54, 1.807) is 6.92 Å². The van der Waals surface area contributed by atoms with Crippen LogP contribution in [0, 0.1) is 6.92 Å². The minimum absolute atomic E-state index is 0.157. The molecule has 30 heavy (non-hydrogen) atoms. The number of ether oxygens (including phenoxy) is 1. The third kappa shape index (κ3) is 5.29. The molecule has 1 aromatic heterocycles. The van der Waals surface area contributed by atoms with Gasteiger partial charge < -0.3 is 14.3 Å². The molecule has 2 heterocycles. The standard InChI is InChI=1S/C18H32N2O8SSi/c1-12-9-20(16(23)19-15(12)22)14-8-13(28-30(6,7)17(2,3)4)18(10-21,27-14)11-26-29(5,24)25/h9,13-14,21H,8,10-11H2,1-7H3,(H,19,22,23)/t13?,14-,18+/m1/s1. The maximum Gasteiger partial charge on any atom is 0.330 e. The molecule has 1 aliphatic heterocycles. The molecule has 1 aliphatic rings. The molecule has 1 fully saturated rings. The van der Waals surface area contributed by atoms with E-state index < -0.39 is 60.8 Å². The fourth-order valence-electron chi connectivity index (χ4n) is 2.97. The number of H-pyrrole nitrogens is 1. The predicted molar refractivity (Wildman–Crippen MR) is 113 cm³/mol. The number of nitrogens with one attached hydrogen (secondary N) is 1. The second kappa shape index (κ2) is 8.32. The summed E-state index contributed by atoms with van der Waals surface area (Å²) in [6.45, 7) is 10.7. The van der Waals surface area contributed by atoms with E-state index in [2.05, 4.69) is 25.8 Å². The molecule has 1 aromatic rings. The molecule has 10 nitrogen and oxygen atoms in total. The summed E-state index contributed by atoms with van der Waals surface area (Å²) in [5, 5.41) is 10.0. The lowest BCUT2D eigenvalue weighted by Crippen LogP contribution is -2.54. The van der Waals surface area contributed by atoms with Crippen molar-refractivity contribution in [1.82, 2.24) is 9.55 Å². The Kier molecular flexibility index (Phi) is 6.92. The van der Waals surface area contributed by atoms with Gasteiger partial charge >= 0.3 is 5.69 Å². The molecule has 0 aliphatic carbocycles. The van der Waals surface area contributed by atoms with Crippen LogP contribution in [-0.4, -0.2) is 62.6 Å². The molecule has 2 rings (SSSR count). The van der Waals surface area contributed by atoms with Gasteiger partial charge in [0.25, 0.3) is 15.7 Å². The Morgan fingerprint density at radius 1 is 1.37 bits per heavy atom. The lowest BCUT2D eigenvalue weighted by atomic mass is 9.99. The zero-order chi connectivity index (χ0) is 23.1. The van der Waals surface area contributed by atoms with Gasteiger partial charge in [0.15, 0.2) is 8.32 Å². The first-order chi connectivity index (χ1) is 13.5. The number of hydrogen-bond acceptors (Lipinski definition) is 8. The molecular formula is C18H32N2O8SSi. The van der Waals surface area contributed by atoms with E-state index in [4.69, 9.17) is 13.3 Å². The summed E-state index contributed by atoms with van der Waals surface area (Å²) in [6, 6.07) is 0. The zero-order valence-electron chi connectivity index (χ0n) is 18.5. The van der Waals surface area contributed by atoms with Crippen molar-refractivity contribution in [1.29, 1.82) is 0 Å². The molecule has 0 aromatic carbocycles. The van der Waals surface area contributed by atoms with Crippen LogP contribution in [0.3, 0.4) is 0 Å². The first kappa shape index (κ1) is 25.0. The number of aliphatic hydroxyl groups excluding tert-OH is 1. The molecule has 3 atom stereocenters. The molecule has 1 saturated heterocycles. The van der Waals surface area contributed by atoms with Crippen molar-refractivity contribution in [3.05, 3.63) is 32.6 Å². The van der Waals surface area contributed by atoms with E-state index in [9.17, 15) is 23.1 Å². The monoisotopic (exact) mass is 464 g/mol. The third-order valence-corrected chi connectivity index (χ3v) is 10.9. The molecule has 12 heteroatoms. The number of rotatable bonds is 7. The van der Waals surface area contributed by atoms with Crippen molar-refractivity contribution in [3.63, 3.8) is 0 Å². The van der Waals surface area contributed by atoms with Crippen LogP contribution in [0.1, 0.15) is 39.0 Å². The van der Waals surface area contributed by atoms with Crippen LogP contribution >= 0.6 is 0 Å². The maximum absolute atomic E-state index is 12.4. The average Bonchev–Trinajstić information content (AvgIpc) is 2.93. The molecule has 0 amide bonds. The first-order valence-corrected chi connectivity index (χ1v) is 14.4. The van der Waals surface area contributed by atoms with Crippen LogP contribution < -0.4 is 11.2 Å². The Labute approximate surface area is 177 Å². The summed E-state index contributed by atoms with van der Waals surface area (Å²) in [4.78, 5) is 26.3. The molecular weight excluding hydrogens is 432 g/mol. The summed E-state index contributed by atoms with van der Waals surface area (Å²) in [5.74, 6) is 0. The second-order valence-electron chi connectivity index (χ2n) is 9.34.